The lowest BCUT2D eigenvalue weighted by molar-refractivity contribution is -0.118. The van der Waals surface area contributed by atoms with Crippen LogP contribution < -0.4 is 5.73 Å². The van der Waals surface area contributed by atoms with E-state index in [4.69, 9.17) is 10.3 Å². The predicted octanol–water partition coefficient (Wildman–Crippen LogP) is 4.40. The molecule has 0 aliphatic rings. The second kappa shape index (κ2) is 13.7. The molecule has 0 rings (SSSR count). The predicted molar refractivity (Wildman–Crippen MR) is 106 cm³/mol. The lowest BCUT2D eigenvalue weighted by Gasteiger charge is -2.34. The summed E-state index contributed by atoms with van der Waals surface area (Å²) in [6, 6.07) is 0. The summed E-state index contributed by atoms with van der Waals surface area (Å²) in [6.45, 7) is 4.31. The quantitative estimate of drug-likeness (QED) is 0.319. The number of carbonyl (C=O) groups is 1. The number of nitrogens with zero attached hydrogens (tertiary/aromatic N) is 2. The summed E-state index contributed by atoms with van der Waals surface area (Å²) < 4.78 is 22.5. The van der Waals surface area contributed by atoms with Gasteiger partial charge in [-0.2, -0.15) is 0 Å². The van der Waals surface area contributed by atoms with E-state index in [0.717, 1.165) is 25.7 Å². The van der Waals surface area contributed by atoms with E-state index < -0.39 is 13.6 Å². The number of hydrogen-bond donors (Lipinski definition) is 1. The maximum Gasteiger partial charge on any atom is 0.346 e. The van der Waals surface area contributed by atoms with E-state index in [0.29, 0.717) is 0 Å². The van der Waals surface area contributed by atoms with Crippen molar-refractivity contribution in [2.24, 2.45) is 5.73 Å². The highest BCUT2D eigenvalue weighted by molar-refractivity contribution is 7.53. The van der Waals surface area contributed by atoms with Crippen LogP contribution in [-0.4, -0.2) is 49.0 Å². The van der Waals surface area contributed by atoms with Crippen molar-refractivity contribution >= 4 is 13.6 Å². The third kappa shape index (κ3) is 10.3. The summed E-state index contributed by atoms with van der Waals surface area (Å²) in [5.74, 6) is -0.504. The van der Waals surface area contributed by atoms with Crippen LogP contribution in [0.2, 0.25) is 0 Å². The molecule has 25 heavy (non-hydrogen) atoms. The summed E-state index contributed by atoms with van der Waals surface area (Å²) >= 11 is 0. The zero-order valence-corrected chi connectivity index (χ0v) is 17.9. The molecule has 2 N–H and O–H groups in total. The number of hydrogen-bond acceptors (Lipinski definition) is 3. The van der Waals surface area contributed by atoms with Gasteiger partial charge in [-0.25, -0.2) is 9.34 Å². The first-order chi connectivity index (χ1) is 11.8. The van der Waals surface area contributed by atoms with Crippen LogP contribution in [0.4, 0.5) is 0 Å². The molecule has 1 amide bonds. The lowest BCUT2D eigenvalue weighted by Crippen LogP contribution is -2.34. The number of unbranched alkanes of at least 4 members (excludes halogenated alkanes) is 6. The van der Waals surface area contributed by atoms with Crippen LogP contribution in [0.3, 0.4) is 0 Å². The van der Waals surface area contributed by atoms with Gasteiger partial charge in [0, 0.05) is 0 Å². The van der Waals surface area contributed by atoms with Crippen LogP contribution >= 0.6 is 7.67 Å². The minimum absolute atomic E-state index is 0.0442. The molecule has 0 spiro atoms. The Morgan fingerprint density at radius 2 is 1.44 bits per heavy atom. The molecule has 7 heteroatoms. The van der Waals surface area contributed by atoms with Gasteiger partial charge in [0.2, 0.25) is 5.91 Å². The van der Waals surface area contributed by atoms with E-state index in [9.17, 15) is 9.36 Å². The molecule has 0 bridgehead atoms. The molecule has 0 saturated carbocycles. The molecule has 0 fully saturated rings. The van der Waals surface area contributed by atoms with Gasteiger partial charge in [-0.15, -0.1) is 0 Å². The van der Waals surface area contributed by atoms with Crippen molar-refractivity contribution in [3.8, 4) is 0 Å². The van der Waals surface area contributed by atoms with Gasteiger partial charge in [-0.3, -0.25) is 9.36 Å². The molecule has 0 aliphatic heterocycles. The molecule has 0 aromatic rings. The Bertz CT molecular complexity index is 393. The topological polar surface area (TPSA) is 75.9 Å². The average molecular weight is 378 g/mol. The smallest absolute Gasteiger partial charge is 0.346 e. The van der Waals surface area contributed by atoms with Gasteiger partial charge < -0.3 is 10.3 Å². The standard InChI is InChI=1S/C18H40N3O3P/c1-6-8-10-12-14-17(15-13-11-9-7-2)24-25(23,20(3)4)21(5)16-18(19)22/h17H,6-16H2,1-5H3,(H2,19,22). The molecular weight excluding hydrogens is 337 g/mol. The summed E-state index contributed by atoms with van der Waals surface area (Å²) in [5.41, 5.74) is 5.27. The fraction of sp³-hybridized carbons (Fsp3) is 0.944. The largest absolute Gasteiger partial charge is 0.369 e. The van der Waals surface area contributed by atoms with Gasteiger partial charge >= 0.3 is 7.67 Å². The summed E-state index contributed by atoms with van der Waals surface area (Å²) in [4.78, 5) is 11.2. The zero-order chi connectivity index (χ0) is 19.3. The van der Waals surface area contributed by atoms with E-state index in [1.165, 1.54) is 43.2 Å². The molecule has 1 atom stereocenters. The zero-order valence-electron chi connectivity index (χ0n) is 17.0. The molecule has 6 nitrogen and oxygen atoms in total. The molecule has 1 unspecified atom stereocenters. The van der Waals surface area contributed by atoms with Gasteiger partial charge in [0.15, 0.2) is 0 Å². The van der Waals surface area contributed by atoms with E-state index in [-0.39, 0.29) is 12.6 Å². The summed E-state index contributed by atoms with van der Waals surface area (Å²) in [5, 5.41) is 0. The second-order valence-electron chi connectivity index (χ2n) is 7.05. The minimum atomic E-state index is -3.24. The normalized spacial score (nSPS) is 14.4. The van der Waals surface area contributed by atoms with Gasteiger partial charge in [-0.1, -0.05) is 65.2 Å². The highest BCUT2D eigenvalue weighted by Crippen LogP contribution is 2.53. The van der Waals surface area contributed by atoms with Crippen molar-refractivity contribution in [1.82, 2.24) is 9.34 Å². The first-order valence-electron chi connectivity index (χ1n) is 9.74. The van der Waals surface area contributed by atoms with Crippen molar-refractivity contribution in [3.05, 3.63) is 0 Å². The Kier molecular flexibility index (Phi) is 13.5. The lowest BCUT2D eigenvalue weighted by atomic mass is 10.0. The highest BCUT2D eigenvalue weighted by atomic mass is 31.2. The van der Waals surface area contributed by atoms with E-state index in [1.54, 1.807) is 25.8 Å². The van der Waals surface area contributed by atoms with Crippen molar-refractivity contribution < 1.29 is 13.9 Å². The third-order valence-corrected chi connectivity index (χ3v) is 6.96. The monoisotopic (exact) mass is 377 g/mol. The molecule has 0 aromatic carbocycles. The summed E-state index contributed by atoms with van der Waals surface area (Å²) in [7, 11) is 1.85. The van der Waals surface area contributed by atoms with Crippen molar-refractivity contribution in [2.45, 2.75) is 84.2 Å². The SMILES string of the molecule is CCCCCCC(CCCCCC)OP(=O)(N(C)C)N(C)CC(N)=O. The average Bonchev–Trinajstić information content (AvgIpc) is 2.54. The van der Waals surface area contributed by atoms with Crippen LogP contribution in [0.1, 0.15) is 78.1 Å². The van der Waals surface area contributed by atoms with Crippen LogP contribution in [0.25, 0.3) is 0 Å². The van der Waals surface area contributed by atoms with Gasteiger partial charge in [0.05, 0.1) is 12.6 Å². The van der Waals surface area contributed by atoms with E-state index in [1.807, 2.05) is 0 Å². The number of likely N-dealkylation sites (N-methyl/N-ethyl adjacent to an activating group) is 1. The van der Waals surface area contributed by atoms with Gasteiger partial charge in [-0.05, 0) is 34.0 Å². The van der Waals surface area contributed by atoms with Crippen molar-refractivity contribution in [1.29, 1.82) is 0 Å². The Morgan fingerprint density at radius 1 is 0.960 bits per heavy atom. The van der Waals surface area contributed by atoms with Crippen LogP contribution in [-0.2, 0) is 13.9 Å². The Hall–Kier alpha value is -0.420. The maximum atomic E-state index is 13.4. The number of nitrogens with two attached hydrogens (primary N) is 1. The van der Waals surface area contributed by atoms with Crippen LogP contribution in [0.15, 0.2) is 0 Å². The third-order valence-electron chi connectivity index (χ3n) is 4.37. The van der Waals surface area contributed by atoms with Crippen molar-refractivity contribution in [2.75, 3.05) is 27.7 Å². The second-order valence-corrected chi connectivity index (χ2v) is 9.72. The van der Waals surface area contributed by atoms with E-state index in [2.05, 4.69) is 13.8 Å². The first-order valence-corrected chi connectivity index (χ1v) is 11.3. The maximum absolute atomic E-state index is 13.4. The Balaban J connectivity index is 4.90. The first kappa shape index (κ1) is 24.6. The minimum Gasteiger partial charge on any atom is -0.369 e. The fourth-order valence-electron chi connectivity index (χ4n) is 2.84. The van der Waals surface area contributed by atoms with Crippen LogP contribution in [0.5, 0.6) is 0 Å². The molecule has 0 saturated heterocycles. The van der Waals surface area contributed by atoms with Crippen LogP contribution in [0, 0.1) is 0 Å². The molecule has 0 radical (unpaired) electrons. The Labute approximate surface area is 155 Å². The number of carbonyl (C=O) groups excluding carboxylic acids is 1. The number of rotatable bonds is 16. The summed E-state index contributed by atoms with van der Waals surface area (Å²) in [6.07, 6.45) is 11.1. The number of amides is 1. The molecular formula is C18H40N3O3P. The number of primary amides is 1. The fourth-order valence-corrected chi connectivity index (χ4v) is 4.71. The van der Waals surface area contributed by atoms with Crippen molar-refractivity contribution in [3.63, 3.8) is 0 Å². The highest BCUT2D eigenvalue weighted by Gasteiger charge is 2.35. The Morgan fingerprint density at radius 3 is 1.80 bits per heavy atom. The molecule has 0 heterocycles. The molecule has 150 valence electrons. The molecule has 0 aliphatic carbocycles. The van der Waals surface area contributed by atoms with E-state index >= 15 is 0 Å². The molecule has 0 aromatic heterocycles. The van der Waals surface area contributed by atoms with Gasteiger partial charge in [0.1, 0.15) is 0 Å². The van der Waals surface area contributed by atoms with Gasteiger partial charge in [0.25, 0.3) is 0 Å².